The molecule has 1 aromatic heterocycles. The maximum absolute atomic E-state index is 12.1. The van der Waals surface area contributed by atoms with Crippen LogP contribution in [0.25, 0.3) is 0 Å². The summed E-state index contributed by atoms with van der Waals surface area (Å²) in [5.41, 5.74) is 1.23. The van der Waals surface area contributed by atoms with Gasteiger partial charge in [0.2, 0.25) is 0 Å². The summed E-state index contributed by atoms with van der Waals surface area (Å²) in [6.45, 7) is 0. The van der Waals surface area contributed by atoms with Gasteiger partial charge in [-0.1, -0.05) is 29.8 Å². The Labute approximate surface area is 109 Å². The summed E-state index contributed by atoms with van der Waals surface area (Å²) in [4.78, 5) is 13.0. The number of benzene rings is 1. The largest absolute Gasteiger partial charge is 0.293 e. The van der Waals surface area contributed by atoms with Gasteiger partial charge in [-0.25, -0.2) is 0 Å². The fourth-order valence-corrected chi connectivity index (χ4v) is 3.02. The monoisotopic (exact) mass is 262 g/mol. The van der Waals surface area contributed by atoms with Gasteiger partial charge in [0.05, 0.1) is 4.88 Å². The average Bonchev–Trinajstić information content (AvgIpc) is 2.94. The summed E-state index contributed by atoms with van der Waals surface area (Å²) in [6.07, 6.45) is 0.971. The quantitative estimate of drug-likeness (QED) is 0.750. The van der Waals surface area contributed by atoms with Gasteiger partial charge in [0.1, 0.15) is 0 Å². The third kappa shape index (κ3) is 2.15. The van der Waals surface area contributed by atoms with E-state index in [9.17, 15) is 4.79 Å². The highest BCUT2D eigenvalue weighted by molar-refractivity contribution is 7.12. The summed E-state index contributed by atoms with van der Waals surface area (Å²) in [5.74, 6) is 0.858. The van der Waals surface area contributed by atoms with Crippen LogP contribution in [0.5, 0.6) is 0 Å². The lowest BCUT2D eigenvalue weighted by Gasteiger charge is -1.99. The Balaban J connectivity index is 1.74. The molecule has 1 nitrogen and oxygen atoms in total. The lowest BCUT2D eigenvalue weighted by Crippen LogP contribution is -2.00. The van der Waals surface area contributed by atoms with E-state index in [1.54, 1.807) is 0 Å². The van der Waals surface area contributed by atoms with Crippen LogP contribution in [0.4, 0.5) is 0 Å². The van der Waals surface area contributed by atoms with E-state index >= 15 is 0 Å². The van der Waals surface area contributed by atoms with Crippen molar-refractivity contribution in [3.63, 3.8) is 0 Å². The third-order valence-corrected chi connectivity index (χ3v) is 4.33. The number of halogens is 1. The van der Waals surface area contributed by atoms with Crippen molar-refractivity contribution in [3.05, 3.63) is 57.2 Å². The van der Waals surface area contributed by atoms with Crippen LogP contribution in [0.1, 0.15) is 27.6 Å². The Hall–Kier alpha value is -1.12. The lowest BCUT2D eigenvalue weighted by molar-refractivity contribution is 0.0969. The molecule has 17 heavy (non-hydrogen) atoms. The zero-order valence-corrected chi connectivity index (χ0v) is 10.7. The minimum Gasteiger partial charge on any atom is -0.293 e. The second-order valence-corrected chi connectivity index (χ2v) is 5.73. The number of ketones is 1. The molecule has 1 fully saturated rings. The van der Waals surface area contributed by atoms with Gasteiger partial charge in [0, 0.05) is 10.9 Å². The Morgan fingerprint density at radius 2 is 2.00 bits per heavy atom. The zero-order valence-electron chi connectivity index (χ0n) is 9.10. The standard InChI is InChI=1S/C14H11ClOS/c15-10-5-3-9(4-6-10)11-8-12(11)14(16)13-2-1-7-17-13/h1-7,11-12H,8H2. The van der Waals surface area contributed by atoms with Crippen LogP contribution in [0, 0.1) is 5.92 Å². The Kier molecular flexibility index (Phi) is 2.77. The molecule has 1 saturated carbocycles. The maximum atomic E-state index is 12.1. The zero-order chi connectivity index (χ0) is 11.8. The van der Waals surface area contributed by atoms with Crippen LogP contribution in [-0.2, 0) is 0 Å². The molecular weight excluding hydrogens is 252 g/mol. The van der Waals surface area contributed by atoms with Crippen molar-refractivity contribution < 1.29 is 4.79 Å². The Bertz CT molecular complexity index is 530. The molecule has 0 aliphatic heterocycles. The first-order chi connectivity index (χ1) is 8.25. The highest BCUT2D eigenvalue weighted by Crippen LogP contribution is 2.49. The molecule has 2 atom stereocenters. The predicted octanol–water partition coefficient (Wildman–Crippen LogP) is 4.39. The van der Waals surface area contributed by atoms with E-state index in [2.05, 4.69) is 0 Å². The first-order valence-electron chi connectivity index (χ1n) is 5.59. The van der Waals surface area contributed by atoms with Crippen molar-refractivity contribution >= 4 is 28.7 Å². The highest BCUT2D eigenvalue weighted by atomic mass is 35.5. The predicted molar refractivity (Wildman–Crippen MR) is 70.9 cm³/mol. The summed E-state index contributed by atoms with van der Waals surface area (Å²) in [5, 5.41) is 2.70. The van der Waals surface area contributed by atoms with Crippen LogP contribution < -0.4 is 0 Å². The molecule has 0 saturated heterocycles. The minimum atomic E-state index is 0.176. The summed E-state index contributed by atoms with van der Waals surface area (Å²) in [7, 11) is 0. The van der Waals surface area contributed by atoms with Gasteiger partial charge in [-0.3, -0.25) is 4.79 Å². The second-order valence-electron chi connectivity index (χ2n) is 4.34. The molecule has 0 spiro atoms. The Morgan fingerprint density at radius 1 is 1.24 bits per heavy atom. The Morgan fingerprint density at radius 3 is 2.65 bits per heavy atom. The van der Waals surface area contributed by atoms with E-state index in [0.29, 0.717) is 11.7 Å². The van der Waals surface area contributed by atoms with Crippen LogP contribution in [0.3, 0.4) is 0 Å². The fraction of sp³-hybridized carbons (Fsp3) is 0.214. The maximum Gasteiger partial charge on any atom is 0.176 e. The molecule has 3 rings (SSSR count). The number of hydrogen-bond donors (Lipinski definition) is 0. The highest BCUT2D eigenvalue weighted by Gasteiger charge is 2.44. The van der Waals surface area contributed by atoms with Gasteiger partial charge in [-0.05, 0) is 41.5 Å². The lowest BCUT2D eigenvalue weighted by atomic mass is 10.1. The van der Waals surface area contributed by atoms with E-state index in [1.165, 1.54) is 16.9 Å². The molecule has 0 N–H and O–H groups in total. The van der Waals surface area contributed by atoms with Gasteiger partial charge >= 0.3 is 0 Å². The number of carbonyl (C=O) groups is 1. The van der Waals surface area contributed by atoms with Crippen LogP contribution in [-0.4, -0.2) is 5.78 Å². The third-order valence-electron chi connectivity index (χ3n) is 3.19. The van der Waals surface area contributed by atoms with E-state index < -0.39 is 0 Å². The number of carbonyl (C=O) groups excluding carboxylic acids is 1. The van der Waals surface area contributed by atoms with E-state index in [1.807, 2.05) is 41.8 Å². The van der Waals surface area contributed by atoms with Crippen molar-refractivity contribution in [1.29, 1.82) is 0 Å². The molecular formula is C14H11ClOS. The summed E-state index contributed by atoms with van der Waals surface area (Å²) >= 11 is 7.38. The minimum absolute atomic E-state index is 0.176. The molecule has 1 heterocycles. The molecule has 86 valence electrons. The number of Topliss-reactive ketones (excluding diaryl/α,β-unsaturated/α-hetero) is 1. The SMILES string of the molecule is O=C(c1cccs1)C1CC1c1ccc(Cl)cc1. The van der Waals surface area contributed by atoms with Crippen LogP contribution in [0.15, 0.2) is 41.8 Å². The normalized spacial score (nSPS) is 22.4. The van der Waals surface area contributed by atoms with Gasteiger partial charge in [0.15, 0.2) is 5.78 Å². The van der Waals surface area contributed by atoms with Crippen molar-refractivity contribution in [3.8, 4) is 0 Å². The number of hydrogen-bond acceptors (Lipinski definition) is 2. The molecule has 0 amide bonds. The molecule has 1 aliphatic carbocycles. The smallest absolute Gasteiger partial charge is 0.176 e. The van der Waals surface area contributed by atoms with E-state index in [0.717, 1.165) is 16.3 Å². The average molecular weight is 263 g/mol. The van der Waals surface area contributed by atoms with Gasteiger partial charge in [-0.2, -0.15) is 0 Å². The van der Waals surface area contributed by atoms with Gasteiger partial charge < -0.3 is 0 Å². The van der Waals surface area contributed by atoms with Crippen molar-refractivity contribution in [2.24, 2.45) is 5.92 Å². The molecule has 2 aromatic rings. The first-order valence-corrected chi connectivity index (χ1v) is 6.84. The first kappa shape index (κ1) is 11.0. The van der Waals surface area contributed by atoms with Crippen LogP contribution >= 0.6 is 22.9 Å². The molecule has 0 radical (unpaired) electrons. The van der Waals surface area contributed by atoms with Gasteiger partial charge in [0.25, 0.3) is 0 Å². The fourth-order valence-electron chi connectivity index (χ4n) is 2.16. The summed E-state index contributed by atoms with van der Waals surface area (Å²) in [6, 6.07) is 11.7. The number of rotatable bonds is 3. The molecule has 1 aliphatic rings. The molecule has 0 bridgehead atoms. The van der Waals surface area contributed by atoms with Crippen molar-refractivity contribution in [2.75, 3.05) is 0 Å². The number of thiophene rings is 1. The van der Waals surface area contributed by atoms with Crippen LogP contribution in [0.2, 0.25) is 5.02 Å². The summed E-state index contributed by atoms with van der Waals surface area (Å²) < 4.78 is 0. The molecule has 3 heteroatoms. The van der Waals surface area contributed by atoms with Crippen molar-refractivity contribution in [2.45, 2.75) is 12.3 Å². The van der Waals surface area contributed by atoms with E-state index in [-0.39, 0.29) is 5.92 Å². The van der Waals surface area contributed by atoms with E-state index in [4.69, 9.17) is 11.6 Å². The van der Waals surface area contributed by atoms with Crippen molar-refractivity contribution in [1.82, 2.24) is 0 Å². The molecule has 1 aromatic carbocycles. The van der Waals surface area contributed by atoms with Gasteiger partial charge in [-0.15, -0.1) is 11.3 Å². The topological polar surface area (TPSA) is 17.1 Å². The second kappa shape index (κ2) is 4.28. The molecule has 2 unspecified atom stereocenters.